The lowest BCUT2D eigenvalue weighted by atomic mass is 9.94. The molecule has 0 saturated heterocycles. The van der Waals surface area contributed by atoms with E-state index in [-0.39, 0.29) is 11.7 Å². The maximum absolute atomic E-state index is 11.1. The van der Waals surface area contributed by atoms with Crippen LogP contribution >= 0.6 is 0 Å². The molecule has 2 heterocycles. The molecule has 0 aliphatic carbocycles. The third kappa shape index (κ3) is 3.54. The maximum Gasteiger partial charge on any atom is 0.308 e. The van der Waals surface area contributed by atoms with Gasteiger partial charge in [-0.05, 0) is 43.2 Å². The lowest BCUT2D eigenvalue weighted by Gasteiger charge is -2.23. The van der Waals surface area contributed by atoms with Crippen LogP contribution in [0.3, 0.4) is 0 Å². The van der Waals surface area contributed by atoms with Crippen LogP contribution in [0.1, 0.15) is 23.6 Å². The summed E-state index contributed by atoms with van der Waals surface area (Å²) in [5.41, 5.74) is 3.32. The first-order chi connectivity index (χ1) is 14.5. The number of rotatable bonds is 4. The molecule has 0 radical (unpaired) electrons. The SMILES string of the molecule is COc1cc2c(cc1OC)C(c1ccc([N+](=O)[O-])cc1)=NN(C1=NCCO1)[C@@H](C)C2. The van der Waals surface area contributed by atoms with Crippen molar-refractivity contribution >= 4 is 17.4 Å². The zero-order valence-electron chi connectivity index (χ0n) is 17.0. The van der Waals surface area contributed by atoms with Crippen molar-refractivity contribution in [3.63, 3.8) is 0 Å². The summed E-state index contributed by atoms with van der Waals surface area (Å²) in [6.07, 6.45) is 0.679. The summed E-state index contributed by atoms with van der Waals surface area (Å²) in [4.78, 5) is 15.1. The first kappa shape index (κ1) is 19.7. The zero-order valence-corrected chi connectivity index (χ0v) is 17.0. The average molecular weight is 410 g/mol. The molecule has 0 bridgehead atoms. The van der Waals surface area contributed by atoms with Gasteiger partial charge in [0.05, 0.1) is 37.4 Å². The lowest BCUT2D eigenvalue weighted by Crippen LogP contribution is -2.35. The average Bonchev–Trinajstić information content (AvgIpc) is 3.24. The molecule has 0 N–H and O–H groups in total. The third-order valence-corrected chi connectivity index (χ3v) is 5.12. The van der Waals surface area contributed by atoms with E-state index >= 15 is 0 Å². The Balaban J connectivity index is 1.89. The van der Waals surface area contributed by atoms with E-state index in [0.29, 0.717) is 42.8 Å². The van der Waals surface area contributed by atoms with E-state index in [9.17, 15) is 10.1 Å². The molecule has 0 amide bonds. The smallest absolute Gasteiger partial charge is 0.308 e. The van der Waals surface area contributed by atoms with Crippen molar-refractivity contribution in [1.29, 1.82) is 0 Å². The van der Waals surface area contributed by atoms with Crippen molar-refractivity contribution < 1.29 is 19.1 Å². The van der Waals surface area contributed by atoms with Gasteiger partial charge in [-0.2, -0.15) is 5.10 Å². The number of nitro groups is 1. The molecule has 0 unspecified atom stereocenters. The molecule has 2 aromatic carbocycles. The quantitative estimate of drug-likeness (QED) is 0.568. The van der Waals surface area contributed by atoms with Gasteiger partial charge in [-0.1, -0.05) is 0 Å². The summed E-state index contributed by atoms with van der Waals surface area (Å²) in [5.74, 6) is 1.22. The van der Waals surface area contributed by atoms with Crippen molar-refractivity contribution in [3.8, 4) is 11.5 Å². The Hall–Kier alpha value is -3.62. The summed E-state index contributed by atoms with van der Waals surface area (Å²) in [6, 6.07) is 10.6. The maximum atomic E-state index is 11.1. The number of amidine groups is 1. The molecule has 156 valence electrons. The van der Waals surface area contributed by atoms with Crippen LogP contribution in [-0.4, -0.2) is 55.1 Å². The molecule has 0 aromatic heterocycles. The molecule has 0 fully saturated rings. The van der Waals surface area contributed by atoms with Gasteiger partial charge in [0.15, 0.2) is 11.5 Å². The van der Waals surface area contributed by atoms with Gasteiger partial charge in [0.1, 0.15) is 6.61 Å². The number of benzene rings is 2. The molecule has 9 heteroatoms. The highest BCUT2D eigenvalue weighted by Gasteiger charge is 2.29. The molecule has 0 spiro atoms. The van der Waals surface area contributed by atoms with Gasteiger partial charge in [0.25, 0.3) is 5.69 Å². The van der Waals surface area contributed by atoms with Gasteiger partial charge in [-0.15, -0.1) is 0 Å². The molecule has 1 atom stereocenters. The van der Waals surface area contributed by atoms with Crippen molar-refractivity contribution in [1.82, 2.24) is 5.01 Å². The molecule has 9 nitrogen and oxygen atoms in total. The van der Waals surface area contributed by atoms with E-state index < -0.39 is 4.92 Å². The second-order valence-corrected chi connectivity index (χ2v) is 7.03. The molecule has 30 heavy (non-hydrogen) atoms. The number of methoxy groups -OCH3 is 2. The Bertz CT molecular complexity index is 1030. The van der Waals surface area contributed by atoms with Crippen molar-refractivity contribution in [2.24, 2.45) is 10.1 Å². The number of hydrazone groups is 1. The topological polar surface area (TPSA) is 98.8 Å². The highest BCUT2D eigenvalue weighted by atomic mass is 16.6. The Kier molecular flexibility index (Phi) is 5.26. The van der Waals surface area contributed by atoms with E-state index in [1.807, 2.05) is 19.1 Å². The van der Waals surface area contributed by atoms with Gasteiger partial charge < -0.3 is 14.2 Å². The Morgan fingerprint density at radius 3 is 2.47 bits per heavy atom. The van der Waals surface area contributed by atoms with Crippen LogP contribution in [0.15, 0.2) is 46.5 Å². The Morgan fingerprint density at radius 2 is 1.87 bits per heavy atom. The van der Waals surface area contributed by atoms with Crippen LogP contribution in [0.4, 0.5) is 5.69 Å². The van der Waals surface area contributed by atoms with E-state index in [1.165, 1.54) is 12.1 Å². The number of hydrogen-bond donors (Lipinski definition) is 0. The van der Waals surface area contributed by atoms with Crippen LogP contribution in [0, 0.1) is 10.1 Å². The monoisotopic (exact) mass is 410 g/mol. The second-order valence-electron chi connectivity index (χ2n) is 7.03. The predicted octanol–water partition coefficient (Wildman–Crippen LogP) is 3.00. The first-order valence-corrected chi connectivity index (χ1v) is 9.57. The van der Waals surface area contributed by atoms with E-state index in [0.717, 1.165) is 16.7 Å². The molecular weight excluding hydrogens is 388 g/mol. The molecule has 4 rings (SSSR count). The molecule has 2 aliphatic rings. The number of fused-ring (bicyclic) bond motifs is 1. The normalized spacial score (nSPS) is 18.0. The molecule has 2 aliphatic heterocycles. The number of hydrogen-bond acceptors (Lipinski definition) is 8. The number of nitrogens with zero attached hydrogens (tertiary/aromatic N) is 4. The molecular formula is C21H22N4O5. The zero-order chi connectivity index (χ0) is 21.3. The van der Waals surface area contributed by atoms with Crippen LogP contribution in [0.25, 0.3) is 0 Å². The van der Waals surface area contributed by atoms with Crippen LogP contribution in [-0.2, 0) is 11.2 Å². The minimum absolute atomic E-state index is 0.0192. The van der Waals surface area contributed by atoms with Crippen LogP contribution < -0.4 is 9.47 Å². The van der Waals surface area contributed by atoms with Gasteiger partial charge in [0.2, 0.25) is 0 Å². The number of nitro benzene ring substituents is 1. The van der Waals surface area contributed by atoms with Crippen LogP contribution in [0.5, 0.6) is 11.5 Å². The minimum atomic E-state index is -0.421. The van der Waals surface area contributed by atoms with Crippen LogP contribution in [0.2, 0.25) is 0 Å². The summed E-state index contributed by atoms with van der Waals surface area (Å²) >= 11 is 0. The van der Waals surface area contributed by atoms with Crippen molar-refractivity contribution in [3.05, 3.63) is 63.2 Å². The summed E-state index contributed by atoms with van der Waals surface area (Å²) in [5, 5.41) is 17.7. The highest BCUT2D eigenvalue weighted by Crippen LogP contribution is 2.35. The minimum Gasteiger partial charge on any atom is -0.493 e. The summed E-state index contributed by atoms with van der Waals surface area (Å²) in [7, 11) is 3.18. The Labute approximate surface area is 173 Å². The van der Waals surface area contributed by atoms with Crippen molar-refractivity contribution in [2.45, 2.75) is 19.4 Å². The second kappa shape index (κ2) is 8.02. The predicted molar refractivity (Wildman–Crippen MR) is 112 cm³/mol. The Morgan fingerprint density at radius 1 is 1.17 bits per heavy atom. The van der Waals surface area contributed by atoms with E-state index in [1.54, 1.807) is 31.4 Å². The van der Waals surface area contributed by atoms with E-state index in [2.05, 4.69) is 4.99 Å². The van der Waals surface area contributed by atoms with Gasteiger partial charge >= 0.3 is 6.02 Å². The lowest BCUT2D eigenvalue weighted by molar-refractivity contribution is -0.384. The highest BCUT2D eigenvalue weighted by molar-refractivity contribution is 6.14. The molecule has 0 saturated carbocycles. The fraction of sp³-hybridized carbons (Fsp3) is 0.333. The van der Waals surface area contributed by atoms with Gasteiger partial charge in [-0.25, -0.2) is 10.0 Å². The summed E-state index contributed by atoms with van der Waals surface area (Å²) < 4.78 is 16.7. The number of non-ortho nitro benzene ring substituents is 1. The first-order valence-electron chi connectivity index (χ1n) is 9.57. The fourth-order valence-electron chi connectivity index (χ4n) is 3.62. The third-order valence-electron chi connectivity index (χ3n) is 5.12. The summed E-state index contributed by atoms with van der Waals surface area (Å²) in [6.45, 7) is 3.16. The largest absolute Gasteiger partial charge is 0.493 e. The fourth-order valence-corrected chi connectivity index (χ4v) is 3.62. The molecule has 2 aromatic rings. The van der Waals surface area contributed by atoms with Gasteiger partial charge in [-0.3, -0.25) is 10.1 Å². The van der Waals surface area contributed by atoms with Gasteiger partial charge in [0, 0.05) is 23.3 Å². The standard InChI is InChI=1S/C21H22N4O5/c1-13-10-15-11-18(28-2)19(29-3)12-17(15)20(23-24(13)21-22-8-9-30-21)14-4-6-16(7-5-14)25(26)27/h4-7,11-13H,8-10H2,1-3H3/t13-/m0/s1. The number of aliphatic imine (C=N–C) groups is 1. The van der Waals surface area contributed by atoms with E-state index in [4.69, 9.17) is 19.3 Å². The number of ether oxygens (including phenoxy) is 3. The van der Waals surface area contributed by atoms with Crippen molar-refractivity contribution in [2.75, 3.05) is 27.4 Å².